The van der Waals surface area contributed by atoms with Crippen molar-refractivity contribution in [1.29, 1.82) is 0 Å². The molecule has 0 aliphatic rings. The Hall–Kier alpha value is -2.47. The second-order valence-electron chi connectivity index (χ2n) is 7.52. The molecule has 2 N–H and O–H groups in total. The summed E-state index contributed by atoms with van der Waals surface area (Å²) < 4.78 is 20.6. The molecule has 5 nitrogen and oxygen atoms in total. The summed E-state index contributed by atoms with van der Waals surface area (Å²) >= 11 is 6.12. The van der Waals surface area contributed by atoms with Crippen molar-refractivity contribution in [1.82, 2.24) is 4.98 Å². The number of ether oxygens (including phenoxy) is 1. The number of halogens is 2. The van der Waals surface area contributed by atoms with Gasteiger partial charge in [-0.15, -0.1) is 0 Å². The minimum Gasteiger partial charge on any atom is -0.460 e. The number of rotatable bonds is 6. The average molecular weight is 407 g/mol. The molecule has 0 aliphatic heterocycles. The van der Waals surface area contributed by atoms with Gasteiger partial charge in [-0.1, -0.05) is 24.6 Å². The van der Waals surface area contributed by atoms with Crippen LogP contribution in [-0.4, -0.2) is 22.3 Å². The topological polar surface area (TPSA) is 82.3 Å². The van der Waals surface area contributed by atoms with Crippen molar-refractivity contribution in [2.75, 3.05) is 5.73 Å². The molecule has 0 aliphatic carbocycles. The van der Waals surface area contributed by atoms with E-state index in [1.165, 1.54) is 30.5 Å². The Morgan fingerprint density at radius 2 is 1.93 bits per heavy atom. The fourth-order valence-electron chi connectivity index (χ4n) is 2.83. The third kappa shape index (κ3) is 5.29. The Morgan fingerprint density at radius 1 is 1.25 bits per heavy atom. The lowest BCUT2D eigenvalue weighted by Crippen LogP contribution is -2.25. The monoisotopic (exact) mass is 406 g/mol. The predicted octanol–water partition coefficient (Wildman–Crippen LogP) is 4.91. The van der Waals surface area contributed by atoms with E-state index in [1.54, 1.807) is 20.8 Å². The number of ketones is 1. The Kier molecular flexibility index (Phi) is 6.77. The zero-order valence-electron chi connectivity index (χ0n) is 16.4. The number of pyridine rings is 1. The number of carbonyl (C=O) groups excluding carboxylic acids is 2. The number of hydrogen-bond acceptors (Lipinski definition) is 5. The normalized spacial score (nSPS) is 12.5. The van der Waals surface area contributed by atoms with E-state index >= 15 is 4.39 Å². The predicted molar refractivity (Wildman–Crippen MR) is 107 cm³/mol. The third-order valence-electron chi connectivity index (χ3n) is 4.16. The Labute approximate surface area is 169 Å². The van der Waals surface area contributed by atoms with Gasteiger partial charge >= 0.3 is 5.97 Å². The molecule has 1 atom stereocenters. The second-order valence-corrected chi connectivity index (χ2v) is 7.93. The first kappa shape index (κ1) is 21.8. The zero-order valence-corrected chi connectivity index (χ0v) is 17.1. The molecule has 0 unspecified atom stereocenters. The molecule has 0 fully saturated rings. The minimum absolute atomic E-state index is 0.00335. The molecule has 2 rings (SSSR count). The molecular formula is C21H24ClFN2O3. The highest BCUT2D eigenvalue weighted by atomic mass is 35.5. The number of benzene rings is 1. The lowest BCUT2D eigenvalue weighted by molar-refractivity contribution is -0.155. The van der Waals surface area contributed by atoms with Crippen molar-refractivity contribution in [3.8, 4) is 0 Å². The SMILES string of the molecule is CC[C@@H](CC(=O)OC(C)(C)C)c1ccc(Cl)c(C(=O)c2ccc(N)nc2)c1F. The quantitative estimate of drug-likeness (QED) is 0.544. The van der Waals surface area contributed by atoms with Crippen LogP contribution in [-0.2, 0) is 9.53 Å². The largest absolute Gasteiger partial charge is 0.460 e. The van der Waals surface area contributed by atoms with E-state index in [2.05, 4.69) is 4.98 Å². The molecule has 1 aromatic heterocycles. The van der Waals surface area contributed by atoms with Crippen molar-refractivity contribution in [2.24, 2.45) is 0 Å². The van der Waals surface area contributed by atoms with Crippen LogP contribution in [0.1, 0.15) is 67.9 Å². The van der Waals surface area contributed by atoms with Gasteiger partial charge in [0.15, 0.2) is 5.78 Å². The van der Waals surface area contributed by atoms with Crippen molar-refractivity contribution in [2.45, 2.75) is 52.1 Å². The number of aromatic nitrogens is 1. The van der Waals surface area contributed by atoms with E-state index in [4.69, 9.17) is 22.1 Å². The van der Waals surface area contributed by atoms with Crippen molar-refractivity contribution < 1.29 is 18.7 Å². The molecule has 28 heavy (non-hydrogen) atoms. The fourth-order valence-corrected chi connectivity index (χ4v) is 3.07. The van der Waals surface area contributed by atoms with Crippen LogP contribution in [0.25, 0.3) is 0 Å². The lowest BCUT2D eigenvalue weighted by atomic mass is 9.90. The Morgan fingerprint density at radius 3 is 2.46 bits per heavy atom. The van der Waals surface area contributed by atoms with Crippen LogP contribution in [0.5, 0.6) is 0 Å². The summed E-state index contributed by atoms with van der Waals surface area (Å²) in [4.78, 5) is 28.8. The van der Waals surface area contributed by atoms with Crippen LogP contribution >= 0.6 is 11.6 Å². The van der Waals surface area contributed by atoms with Crippen molar-refractivity contribution >= 4 is 29.2 Å². The van der Waals surface area contributed by atoms with Gasteiger partial charge in [0.2, 0.25) is 0 Å². The maximum atomic E-state index is 15.3. The van der Waals surface area contributed by atoms with Gasteiger partial charge in [0, 0.05) is 11.8 Å². The number of hydrogen-bond donors (Lipinski definition) is 1. The first-order chi connectivity index (χ1) is 13.0. The van der Waals surface area contributed by atoms with Crippen LogP contribution < -0.4 is 5.73 Å². The molecule has 0 radical (unpaired) electrons. The molecule has 150 valence electrons. The summed E-state index contributed by atoms with van der Waals surface area (Å²) in [6.45, 7) is 7.15. The molecule has 1 aromatic carbocycles. The smallest absolute Gasteiger partial charge is 0.306 e. The first-order valence-corrected chi connectivity index (χ1v) is 9.37. The van der Waals surface area contributed by atoms with Crippen molar-refractivity contribution in [3.63, 3.8) is 0 Å². The molecule has 0 saturated carbocycles. The molecule has 7 heteroatoms. The minimum atomic E-state index is -0.732. The molecular weight excluding hydrogens is 383 g/mol. The number of nitrogens with two attached hydrogens (primary N) is 1. The molecule has 0 saturated heterocycles. The van der Waals surface area contributed by atoms with Crippen LogP contribution in [0, 0.1) is 5.82 Å². The summed E-state index contributed by atoms with van der Waals surface area (Å²) in [5.41, 5.74) is 5.09. The van der Waals surface area contributed by atoms with E-state index in [0.717, 1.165) is 0 Å². The molecule has 0 spiro atoms. The van der Waals surface area contributed by atoms with Gasteiger partial charge in [0.05, 0.1) is 17.0 Å². The fraction of sp³-hybridized carbons (Fsp3) is 0.381. The zero-order chi connectivity index (χ0) is 21.1. The highest BCUT2D eigenvalue weighted by Crippen LogP contribution is 2.33. The highest BCUT2D eigenvalue weighted by Gasteiger charge is 2.27. The number of anilines is 1. The number of esters is 1. The van der Waals surface area contributed by atoms with E-state index < -0.39 is 29.1 Å². The molecule has 0 amide bonds. The Bertz CT molecular complexity index is 876. The summed E-state index contributed by atoms with van der Waals surface area (Å²) in [5, 5.41) is -0.00445. The third-order valence-corrected chi connectivity index (χ3v) is 4.48. The number of nitrogens with zero attached hydrogens (tertiary/aromatic N) is 1. The molecule has 2 aromatic rings. The summed E-state index contributed by atoms with van der Waals surface area (Å²) in [5.74, 6) is -1.94. The van der Waals surface area contributed by atoms with Crippen molar-refractivity contribution in [3.05, 3.63) is 58.0 Å². The van der Waals surface area contributed by atoms with E-state index in [9.17, 15) is 9.59 Å². The maximum absolute atomic E-state index is 15.3. The number of nitrogen functional groups attached to an aromatic ring is 1. The second kappa shape index (κ2) is 8.69. The first-order valence-electron chi connectivity index (χ1n) is 8.99. The summed E-state index contributed by atoms with van der Waals surface area (Å²) in [6, 6.07) is 5.90. The van der Waals surface area contributed by atoms with Crippen LogP contribution in [0.3, 0.4) is 0 Å². The van der Waals surface area contributed by atoms with Gasteiger partial charge in [0.1, 0.15) is 17.2 Å². The Balaban J connectivity index is 2.38. The highest BCUT2D eigenvalue weighted by molar-refractivity contribution is 6.35. The van der Waals surface area contributed by atoms with E-state index in [0.29, 0.717) is 6.42 Å². The van der Waals surface area contributed by atoms with Gasteiger partial charge in [-0.3, -0.25) is 9.59 Å². The van der Waals surface area contributed by atoms with Crippen LogP contribution in [0.4, 0.5) is 10.2 Å². The summed E-state index contributed by atoms with van der Waals surface area (Å²) in [6.07, 6.45) is 1.77. The van der Waals surface area contributed by atoms with E-state index in [1.807, 2.05) is 6.92 Å². The van der Waals surface area contributed by atoms with Crippen LogP contribution in [0.2, 0.25) is 5.02 Å². The van der Waals surface area contributed by atoms with Gasteiger partial charge in [-0.05, 0) is 56.9 Å². The maximum Gasteiger partial charge on any atom is 0.306 e. The van der Waals surface area contributed by atoms with E-state index in [-0.39, 0.29) is 34.0 Å². The van der Waals surface area contributed by atoms with Gasteiger partial charge in [-0.2, -0.15) is 0 Å². The average Bonchev–Trinajstić information content (AvgIpc) is 2.59. The van der Waals surface area contributed by atoms with Gasteiger partial charge in [-0.25, -0.2) is 9.37 Å². The standard InChI is InChI=1S/C21H24ClFN2O3/c1-5-12(10-17(26)28-21(2,3)4)14-7-8-15(22)18(19(14)23)20(27)13-6-9-16(24)25-11-13/h6-9,11-12H,5,10H2,1-4H3,(H2,24,25)/t12-/m0/s1. The molecule has 1 heterocycles. The summed E-state index contributed by atoms with van der Waals surface area (Å²) in [7, 11) is 0. The molecule has 0 bridgehead atoms. The van der Waals surface area contributed by atoms with Gasteiger partial charge < -0.3 is 10.5 Å². The van der Waals surface area contributed by atoms with Crippen LogP contribution in [0.15, 0.2) is 30.5 Å². The number of carbonyl (C=O) groups is 2. The van der Waals surface area contributed by atoms with Gasteiger partial charge in [0.25, 0.3) is 0 Å². The lowest BCUT2D eigenvalue weighted by Gasteiger charge is -2.22.